The summed E-state index contributed by atoms with van der Waals surface area (Å²) >= 11 is 3.53. The van der Waals surface area contributed by atoms with E-state index < -0.39 is 0 Å². The Labute approximate surface area is 177 Å². The number of aromatic nitrogens is 3. The van der Waals surface area contributed by atoms with Crippen LogP contribution in [0, 0.1) is 0 Å². The molecular weight excluding hydrogens is 396 g/mol. The Morgan fingerprint density at radius 1 is 0.966 bits per heavy atom. The van der Waals surface area contributed by atoms with E-state index in [2.05, 4.69) is 81.8 Å². The molecule has 0 atom stereocenters. The molecule has 0 aliphatic carbocycles. The summed E-state index contributed by atoms with van der Waals surface area (Å²) in [6.45, 7) is 1.59. The van der Waals surface area contributed by atoms with Crippen LogP contribution in [0.2, 0.25) is 0 Å². The molecule has 0 spiro atoms. The Morgan fingerprint density at radius 2 is 1.83 bits per heavy atom. The zero-order chi connectivity index (χ0) is 19.6. The van der Waals surface area contributed by atoms with Gasteiger partial charge in [0.15, 0.2) is 0 Å². The molecule has 5 aromatic rings. The standard InChI is InChI=1S/C23H20N4S2/c1-28-18-9-6-16(7-10-18)13-27(17-8-11-19-21(12-17)25-15-24-19)14-23-26-20-4-2-3-5-22(20)29-23/h2-12,15H,13-14H2,1H3,(H,24,25). The van der Waals surface area contributed by atoms with Gasteiger partial charge >= 0.3 is 0 Å². The largest absolute Gasteiger partial charge is 0.360 e. The summed E-state index contributed by atoms with van der Waals surface area (Å²) in [6.07, 6.45) is 3.85. The van der Waals surface area contributed by atoms with Crippen molar-refractivity contribution < 1.29 is 0 Å². The average Bonchev–Trinajstić information content (AvgIpc) is 3.39. The molecule has 0 bridgehead atoms. The number of fused-ring (bicyclic) bond motifs is 2. The maximum atomic E-state index is 4.85. The molecule has 1 N–H and O–H groups in total. The number of hydrogen-bond donors (Lipinski definition) is 1. The third-order valence-corrected chi connectivity index (χ3v) is 6.73. The lowest BCUT2D eigenvalue weighted by Crippen LogP contribution is -2.22. The molecule has 5 rings (SSSR count). The molecule has 0 saturated heterocycles. The van der Waals surface area contributed by atoms with E-state index in [1.807, 2.05) is 6.07 Å². The Hall–Kier alpha value is -2.83. The first-order chi connectivity index (χ1) is 14.3. The van der Waals surface area contributed by atoms with Crippen LogP contribution in [0.3, 0.4) is 0 Å². The molecule has 0 unspecified atom stereocenters. The van der Waals surface area contributed by atoms with E-state index in [1.54, 1.807) is 29.4 Å². The SMILES string of the molecule is CSc1ccc(CN(Cc2nc3ccccc3s2)c2ccc3nc[nH]c3c2)cc1. The van der Waals surface area contributed by atoms with Gasteiger partial charge < -0.3 is 9.88 Å². The number of rotatable bonds is 6. The predicted molar refractivity (Wildman–Crippen MR) is 124 cm³/mol. The van der Waals surface area contributed by atoms with E-state index in [-0.39, 0.29) is 0 Å². The topological polar surface area (TPSA) is 44.8 Å². The van der Waals surface area contributed by atoms with Crippen LogP contribution in [0.4, 0.5) is 5.69 Å². The number of anilines is 1. The monoisotopic (exact) mass is 416 g/mol. The van der Waals surface area contributed by atoms with Gasteiger partial charge in [-0.1, -0.05) is 24.3 Å². The van der Waals surface area contributed by atoms with Crippen LogP contribution < -0.4 is 4.90 Å². The molecule has 29 heavy (non-hydrogen) atoms. The minimum atomic E-state index is 0.767. The summed E-state index contributed by atoms with van der Waals surface area (Å²) in [4.78, 5) is 16.1. The Morgan fingerprint density at radius 3 is 2.66 bits per heavy atom. The number of aromatic amines is 1. The second-order valence-electron chi connectivity index (χ2n) is 6.88. The van der Waals surface area contributed by atoms with E-state index >= 15 is 0 Å². The molecule has 0 saturated carbocycles. The van der Waals surface area contributed by atoms with Crippen LogP contribution in [0.1, 0.15) is 10.6 Å². The number of hydrogen-bond acceptors (Lipinski definition) is 5. The molecule has 2 aromatic heterocycles. The smallest absolute Gasteiger partial charge is 0.113 e. The highest BCUT2D eigenvalue weighted by atomic mass is 32.2. The lowest BCUT2D eigenvalue weighted by molar-refractivity contribution is 0.796. The zero-order valence-corrected chi connectivity index (χ0v) is 17.6. The van der Waals surface area contributed by atoms with Gasteiger partial charge in [-0.3, -0.25) is 0 Å². The van der Waals surface area contributed by atoms with E-state index in [0.29, 0.717) is 0 Å². The van der Waals surface area contributed by atoms with Crippen molar-refractivity contribution >= 4 is 50.0 Å². The Balaban J connectivity index is 1.49. The van der Waals surface area contributed by atoms with Crippen LogP contribution in [0.5, 0.6) is 0 Å². The summed E-state index contributed by atoms with van der Waals surface area (Å²) in [6, 6.07) is 23.5. The van der Waals surface area contributed by atoms with Crippen LogP contribution in [0.25, 0.3) is 21.3 Å². The summed E-state index contributed by atoms with van der Waals surface area (Å²) in [5.74, 6) is 0. The van der Waals surface area contributed by atoms with Crippen LogP contribution >= 0.6 is 23.1 Å². The minimum absolute atomic E-state index is 0.767. The Bertz CT molecular complexity index is 1220. The summed E-state index contributed by atoms with van der Waals surface area (Å²) in [5, 5.41) is 1.12. The second-order valence-corrected chi connectivity index (χ2v) is 8.88. The molecule has 6 heteroatoms. The van der Waals surface area contributed by atoms with Gasteiger partial charge in [-0.25, -0.2) is 9.97 Å². The number of benzene rings is 3. The molecule has 144 valence electrons. The predicted octanol–water partition coefficient (Wildman–Crippen LogP) is 6.10. The molecule has 0 aliphatic heterocycles. The molecule has 0 fully saturated rings. The highest BCUT2D eigenvalue weighted by Crippen LogP contribution is 2.28. The van der Waals surface area contributed by atoms with E-state index in [4.69, 9.17) is 4.98 Å². The molecular formula is C23H20N4S2. The van der Waals surface area contributed by atoms with Crippen molar-refractivity contribution in [1.29, 1.82) is 0 Å². The maximum absolute atomic E-state index is 4.85. The van der Waals surface area contributed by atoms with Crippen molar-refractivity contribution in [3.63, 3.8) is 0 Å². The number of thiazole rings is 1. The highest BCUT2D eigenvalue weighted by molar-refractivity contribution is 7.98. The van der Waals surface area contributed by atoms with Gasteiger partial charge in [-0.15, -0.1) is 23.1 Å². The van der Waals surface area contributed by atoms with Gasteiger partial charge in [-0.05, 0) is 54.3 Å². The van der Waals surface area contributed by atoms with Gasteiger partial charge in [0, 0.05) is 17.1 Å². The molecule has 2 heterocycles. The van der Waals surface area contributed by atoms with E-state index in [9.17, 15) is 0 Å². The first-order valence-corrected chi connectivity index (χ1v) is 11.5. The first kappa shape index (κ1) is 18.2. The number of nitrogens with one attached hydrogen (secondary N) is 1. The number of imidazole rings is 1. The van der Waals surface area contributed by atoms with Crippen molar-refractivity contribution in [1.82, 2.24) is 15.0 Å². The van der Waals surface area contributed by atoms with Crippen LogP contribution in [-0.4, -0.2) is 21.2 Å². The molecule has 3 aromatic carbocycles. The van der Waals surface area contributed by atoms with Gasteiger partial charge in [-0.2, -0.15) is 0 Å². The van der Waals surface area contributed by atoms with Gasteiger partial charge in [0.1, 0.15) is 5.01 Å². The number of H-pyrrole nitrogens is 1. The number of para-hydroxylation sites is 1. The Kier molecular flexibility index (Phi) is 4.96. The van der Waals surface area contributed by atoms with E-state index in [0.717, 1.165) is 40.3 Å². The third kappa shape index (κ3) is 3.86. The fraction of sp³-hybridized carbons (Fsp3) is 0.130. The van der Waals surface area contributed by atoms with Crippen molar-refractivity contribution in [3.8, 4) is 0 Å². The molecule has 0 aliphatic rings. The number of thioether (sulfide) groups is 1. The van der Waals surface area contributed by atoms with Crippen molar-refractivity contribution in [2.75, 3.05) is 11.2 Å². The van der Waals surface area contributed by atoms with Crippen LogP contribution in [0.15, 0.2) is 78.0 Å². The molecule has 0 radical (unpaired) electrons. The normalized spacial score (nSPS) is 11.3. The molecule has 0 amide bonds. The lowest BCUT2D eigenvalue weighted by atomic mass is 10.2. The lowest BCUT2D eigenvalue weighted by Gasteiger charge is -2.24. The fourth-order valence-electron chi connectivity index (χ4n) is 3.46. The summed E-state index contributed by atoms with van der Waals surface area (Å²) < 4.78 is 1.23. The van der Waals surface area contributed by atoms with Gasteiger partial charge in [0.25, 0.3) is 0 Å². The second kappa shape index (κ2) is 7.89. The number of nitrogens with zero attached hydrogens (tertiary/aromatic N) is 3. The van der Waals surface area contributed by atoms with Crippen molar-refractivity contribution in [2.24, 2.45) is 0 Å². The van der Waals surface area contributed by atoms with Gasteiger partial charge in [0.05, 0.1) is 34.1 Å². The maximum Gasteiger partial charge on any atom is 0.113 e. The summed E-state index contributed by atoms with van der Waals surface area (Å²) in [5.41, 5.74) is 5.55. The summed E-state index contributed by atoms with van der Waals surface area (Å²) in [7, 11) is 0. The zero-order valence-electron chi connectivity index (χ0n) is 16.0. The fourth-order valence-corrected chi connectivity index (χ4v) is 4.85. The molecule has 4 nitrogen and oxygen atoms in total. The van der Waals surface area contributed by atoms with Gasteiger partial charge in [0.2, 0.25) is 0 Å². The van der Waals surface area contributed by atoms with E-state index in [1.165, 1.54) is 15.2 Å². The average molecular weight is 417 g/mol. The third-order valence-electron chi connectivity index (χ3n) is 4.97. The van der Waals surface area contributed by atoms with Crippen LogP contribution in [-0.2, 0) is 13.1 Å². The quantitative estimate of drug-likeness (QED) is 0.340. The minimum Gasteiger partial charge on any atom is -0.360 e. The first-order valence-electron chi connectivity index (χ1n) is 9.44. The van der Waals surface area contributed by atoms with Crippen molar-refractivity contribution in [2.45, 2.75) is 18.0 Å². The van der Waals surface area contributed by atoms with Crippen molar-refractivity contribution in [3.05, 3.63) is 83.6 Å². The highest BCUT2D eigenvalue weighted by Gasteiger charge is 2.13.